The van der Waals surface area contributed by atoms with Crippen molar-refractivity contribution in [2.75, 3.05) is 20.3 Å². The number of ether oxygens (including phenoxy) is 2. The second-order valence-corrected chi connectivity index (χ2v) is 6.48. The van der Waals surface area contributed by atoms with Gasteiger partial charge in [-0.25, -0.2) is 4.79 Å². The third-order valence-electron chi connectivity index (χ3n) is 4.55. The summed E-state index contributed by atoms with van der Waals surface area (Å²) in [6, 6.07) is 16.1. The van der Waals surface area contributed by atoms with E-state index in [1.165, 1.54) is 13.2 Å². The Morgan fingerprint density at radius 2 is 1.84 bits per heavy atom. The molecule has 0 spiro atoms. The highest BCUT2D eigenvalue weighted by molar-refractivity contribution is 5.97. The number of hydrogen-bond donors (Lipinski definition) is 1. The van der Waals surface area contributed by atoms with E-state index in [2.05, 4.69) is 22.1 Å². The number of rotatable bonds is 5. The van der Waals surface area contributed by atoms with Gasteiger partial charge in [0.1, 0.15) is 23.4 Å². The predicted octanol–water partition coefficient (Wildman–Crippen LogP) is 3.16. The van der Waals surface area contributed by atoms with Crippen LogP contribution in [-0.4, -0.2) is 31.2 Å². The zero-order valence-electron chi connectivity index (χ0n) is 16.7. The molecule has 0 aliphatic rings. The first kappa shape index (κ1) is 20.0. The average Bonchev–Trinajstić information content (AvgIpc) is 2.80. The van der Waals surface area contributed by atoms with Crippen LogP contribution in [0.1, 0.15) is 10.4 Å². The minimum absolute atomic E-state index is 0.0611. The maximum Gasteiger partial charge on any atom is 0.349 e. The number of amides is 1. The lowest BCUT2D eigenvalue weighted by molar-refractivity contribution is 0.0955. The molecule has 1 amide bonds. The number of hydrogen-bond acceptors (Lipinski definition) is 6. The van der Waals surface area contributed by atoms with Gasteiger partial charge in [0.25, 0.3) is 5.91 Å². The van der Waals surface area contributed by atoms with E-state index in [9.17, 15) is 9.59 Å². The van der Waals surface area contributed by atoms with Gasteiger partial charge in [0.15, 0.2) is 11.3 Å². The molecule has 1 N–H and O–H groups in total. The molecule has 0 aliphatic heterocycles. The summed E-state index contributed by atoms with van der Waals surface area (Å²) in [5.41, 5.74) is 0.223. The Bertz CT molecular complexity index is 1380. The summed E-state index contributed by atoms with van der Waals surface area (Å²) in [5.74, 6) is 6.13. The number of carbonyl (C=O) groups excluding carboxylic acids is 1. The van der Waals surface area contributed by atoms with Gasteiger partial charge in [-0.1, -0.05) is 42.2 Å². The standard InChI is InChI=1S/C24H18N2O5/c1-29-20-11-5-8-17-15-18(24(28)31-22(17)20)23(27)26-12-2-3-14-30-19-10-4-7-16-9-6-13-25-21(16)19/h4-11,13,15H,12,14H2,1H3,(H,26,27). The number of carbonyl (C=O) groups is 1. The van der Waals surface area contributed by atoms with Gasteiger partial charge in [0.2, 0.25) is 0 Å². The molecule has 0 aliphatic carbocycles. The van der Waals surface area contributed by atoms with Crippen molar-refractivity contribution in [1.29, 1.82) is 0 Å². The van der Waals surface area contributed by atoms with Crippen LogP contribution in [0, 0.1) is 11.8 Å². The number of aromatic nitrogens is 1. The first-order chi connectivity index (χ1) is 15.2. The van der Waals surface area contributed by atoms with Crippen LogP contribution < -0.4 is 20.4 Å². The monoisotopic (exact) mass is 414 g/mol. The summed E-state index contributed by atoms with van der Waals surface area (Å²) in [6.07, 6.45) is 1.70. The van der Waals surface area contributed by atoms with Gasteiger partial charge >= 0.3 is 5.63 Å². The fraction of sp³-hybridized carbons (Fsp3) is 0.125. The van der Waals surface area contributed by atoms with Crippen molar-refractivity contribution in [3.63, 3.8) is 0 Å². The maximum absolute atomic E-state index is 12.4. The molecule has 2 heterocycles. The van der Waals surface area contributed by atoms with Crippen molar-refractivity contribution in [2.24, 2.45) is 0 Å². The van der Waals surface area contributed by atoms with Crippen LogP contribution in [0.4, 0.5) is 0 Å². The lowest BCUT2D eigenvalue weighted by Crippen LogP contribution is -2.28. The summed E-state index contributed by atoms with van der Waals surface area (Å²) in [5, 5.41) is 4.16. The molecule has 0 unspecified atom stereocenters. The first-order valence-corrected chi connectivity index (χ1v) is 9.48. The summed E-state index contributed by atoms with van der Waals surface area (Å²) in [4.78, 5) is 28.9. The number of para-hydroxylation sites is 2. The second kappa shape index (κ2) is 9.01. The van der Waals surface area contributed by atoms with E-state index in [4.69, 9.17) is 13.9 Å². The molecule has 2 aromatic heterocycles. The van der Waals surface area contributed by atoms with Crippen molar-refractivity contribution < 1.29 is 18.7 Å². The molecule has 4 aromatic rings. The van der Waals surface area contributed by atoms with Gasteiger partial charge in [-0.05, 0) is 24.3 Å². The van der Waals surface area contributed by atoms with Crippen LogP contribution in [-0.2, 0) is 0 Å². The van der Waals surface area contributed by atoms with Crippen molar-refractivity contribution in [2.45, 2.75) is 0 Å². The van der Waals surface area contributed by atoms with E-state index in [0.29, 0.717) is 22.5 Å². The summed E-state index contributed by atoms with van der Waals surface area (Å²) < 4.78 is 16.1. The Morgan fingerprint density at radius 1 is 1.06 bits per heavy atom. The number of fused-ring (bicyclic) bond motifs is 2. The molecule has 0 bridgehead atoms. The predicted molar refractivity (Wildman–Crippen MR) is 116 cm³/mol. The van der Waals surface area contributed by atoms with Gasteiger partial charge in [-0.2, -0.15) is 0 Å². The zero-order valence-corrected chi connectivity index (χ0v) is 16.7. The molecule has 2 aromatic carbocycles. The van der Waals surface area contributed by atoms with Crippen molar-refractivity contribution in [1.82, 2.24) is 10.3 Å². The van der Waals surface area contributed by atoms with E-state index in [-0.39, 0.29) is 18.7 Å². The highest BCUT2D eigenvalue weighted by atomic mass is 16.5. The normalized spacial score (nSPS) is 10.4. The first-order valence-electron chi connectivity index (χ1n) is 9.48. The molecule has 154 valence electrons. The van der Waals surface area contributed by atoms with E-state index >= 15 is 0 Å². The zero-order chi connectivity index (χ0) is 21.6. The highest BCUT2D eigenvalue weighted by Gasteiger charge is 2.14. The van der Waals surface area contributed by atoms with Crippen molar-refractivity contribution >= 4 is 27.8 Å². The Balaban J connectivity index is 1.37. The van der Waals surface area contributed by atoms with Crippen LogP contribution in [0.5, 0.6) is 11.5 Å². The molecular formula is C24H18N2O5. The Kier molecular flexibility index (Phi) is 5.81. The van der Waals surface area contributed by atoms with Gasteiger partial charge < -0.3 is 19.2 Å². The smallest absolute Gasteiger partial charge is 0.349 e. The molecular weight excluding hydrogens is 396 g/mol. The van der Waals surface area contributed by atoms with E-state index < -0.39 is 11.5 Å². The average molecular weight is 414 g/mol. The lowest BCUT2D eigenvalue weighted by atomic mass is 10.1. The molecule has 31 heavy (non-hydrogen) atoms. The van der Waals surface area contributed by atoms with Gasteiger partial charge in [0, 0.05) is 17.0 Å². The highest BCUT2D eigenvalue weighted by Crippen LogP contribution is 2.24. The van der Waals surface area contributed by atoms with Gasteiger partial charge in [-0.15, -0.1) is 0 Å². The second-order valence-electron chi connectivity index (χ2n) is 6.48. The van der Waals surface area contributed by atoms with Crippen LogP contribution in [0.15, 0.2) is 70.0 Å². The molecule has 0 radical (unpaired) electrons. The number of nitrogens with zero attached hydrogens (tertiary/aromatic N) is 1. The summed E-state index contributed by atoms with van der Waals surface area (Å²) >= 11 is 0. The van der Waals surface area contributed by atoms with Crippen molar-refractivity contribution in [3.8, 4) is 23.3 Å². The molecule has 0 saturated heterocycles. The minimum atomic E-state index is -0.741. The van der Waals surface area contributed by atoms with Crippen LogP contribution >= 0.6 is 0 Å². The van der Waals surface area contributed by atoms with Crippen LogP contribution in [0.2, 0.25) is 0 Å². The molecule has 0 saturated carbocycles. The molecule has 7 nitrogen and oxygen atoms in total. The third-order valence-corrected chi connectivity index (χ3v) is 4.55. The lowest BCUT2D eigenvalue weighted by Gasteiger charge is -2.06. The third kappa shape index (κ3) is 4.33. The Hall–Kier alpha value is -4.31. The molecule has 0 fully saturated rings. The fourth-order valence-electron chi connectivity index (χ4n) is 3.08. The SMILES string of the molecule is COc1cccc2cc(C(=O)NCC#CCOc3cccc4cccnc34)c(=O)oc12. The Labute approximate surface area is 177 Å². The largest absolute Gasteiger partial charge is 0.493 e. The number of nitrogens with one attached hydrogen (secondary N) is 1. The molecule has 0 atom stereocenters. The minimum Gasteiger partial charge on any atom is -0.493 e. The number of benzene rings is 2. The van der Waals surface area contributed by atoms with Crippen molar-refractivity contribution in [3.05, 3.63) is 76.8 Å². The number of pyridine rings is 1. The fourth-order valence-corrected chi connectivity index (χ4v) is 3.08. The molecule has 4 rings (SSSR count). The Morgan fingerprint density at radius 3 is 2.68 bits per heavy atom. The number of methoxy groups -OCH3 is 1. The quantitative estimate of drug-likeness (QED) is 0.399. The van der Waals surface area contributed by atoms with Gasteiger partial charge in [0.05, 0.1) is 13.7 Å². The van der Waals surface area contributed by atoms with Gasteiger partial charge in [-0.3, -0.25) is 9.78 Å². The van der Waals surface area contributed by atoms with Crippen LogP contribution in [0.25, 0.3) is 21.9 Å². The summed E-state index contributed by atoms with van der Waals surface area (Å²) in [6.45, 7) is 0.203. The van der Waals surface area contributed by atoms with Crippen LogP contribution in [0.3, 0.4) is 0 Å². The van der Waals surface area contributed by atoms with E-state index in [1.807, 2.05) is 30.3 Å². The summed E-state index contributed by atoms with van der Waals surface area (Å²) in [7, 11) is 1.48. The van der Waals surface area contributed by atoms with E-state index in [1.54, 1.807) is 24.4 Å². The molecule has 7 heteroatoms. The maximum atomic E-state index is 12.4. The van der Waals surface area contributed by atoms with E-state index in [0.717, 1.165) is 10.9 Å². The topological polar surface area (TPSA) is 90.7 Å².